The molecule has 1 heterocycles. The summed E-state index contributed by atoms with van der Waals surface area (Å²) in [7, 11) is 2.39. The normalized spacial score (nSPS) is 41.7. The minimum atomic E-state index is 0.902. The summed E-state index contributed by atoms with van der Waals surface area (Å²) in [5.41, 5.74) is 0. The molecule has 2 unspecified atom stereocenters. The SMILES string of the molecule is CC[N+]1(C)CCCCC1C. The van der Waals surface area contributed by atoms with Crippen LogP contribution >= 0.6 is 0 Å². The van der Waals surface area contributed by atoms with Crippen LogP contribution in [0.2, 0.25) is 0 Å². The molecule has 1 aliphatic heterocycles. The fourth-order valence-corrected chi connectivity index (χ4v) is 1.91. The Labute approximate surface area is 64.6 Å². The average Bonchev–Trinajstić information content (AvgIpc) is 1.96. The molecule has 0 spiro atoms. The molecular weight excluding hydrogens is 122 g/mol. The highest BCUT2D eigenvalue weighted by molar-refractivity contribution is 4.59. The first-order valence-corrected chi connectivity index (χ1v) is 4.53. The molecular formula is C9H20N+. The second-order valence-electron chi connectivity index (χ2n) is 3.86. The molecule has 0 amide bonds. The van der Waals surface area contributed by atoms with Gasteiger partial charge in [-0.05, 0) is 33.1 Å². The van der Waals surface area contributed by atoms with E-state index >= 15 is 0 Å². The maximum atomic E-state index is 2.39. The highest BCUT2D eigenvalue weighted by atomic mass is 15.3. The molecule has 2 atom stereocenters. The summed E-state index contributed by atoms with van der Waals surface area (Å²) < 4.78 is 1.31. The predicted molar refractivity (Wildman–Crippen MR) is 44.9 cm³/mol. The Balaban J connectivity index is 2.54. The minimum Gasteiger partial charge on any atom is -0.324 e. The third-order valence-electron chi connectivity index (χ3n) is 3.33. The monoisotopic (exact) mass is 142 g/mol. The van der Waals surface area contributed by atoms with E-state index in [1.165, 1.54) is 36.8 Å². The molecule has 0 N–H and O–H groups in total. The lowest BCUT2D eigenvalue weighted by Gasteiger charge is -2.42. The largest absolute Gasteiger partial charge is 0.324 e. The van der Waals surface area contributed by atoms with Crippen LogP contribution in [-0.4, -0.2) is 30.7 Å². The van der Waals surface area contributed by atoms with Crippen molar-refractivity contribution in [3.8, 4) is 0 Å². The summed E-state index contributed by atoms with van der Waals surface area (Å²) in [6.45, 7) is 7.41. The van der Waals surface area contributed by atoms with Crippen LogP contribution in [0.4, 0.5) is 0 Å². The van der Waals surface area contributed by atoms with E-state index in [4.69, 9.17) is 0 Å². The summed E-state index contributed by atoms with van der Waals surface area (Å²) in [6, 6.07) is 0.902. The second kappa shape index (κ2) is 2.91. The van der Waals surface area contributed by atoms with Crippen molar-refractivity contribution < 1.29 is 4.48 Å². The highest BCUT2D eigenvalue weighted by Crippen LogP contribution is 2.22. The number of rotatable bonds is 1. The van der Waals surface area contributed by atoms with Crippen LogP contribution in [0, 0.1) is 0 Å². The number of nitrogens with zero attached hydrogens (tertiary/aromatic N) is 1. The van der Waals surface area contributed by atoms with Gasteiger partial charge < -0.3 is 4.48 Å². The third-order valence-corrected chi connectivity index (χ3v) is 3.33. The van der Waals surface area contributed by atoms with E-state index in [1.807, 2.05) is 0 Å². The van der Waals surface area contributed by atoms with Crippen LogP contribution in [0.5, 0.6) is 0 Å². The Morgan fingerprint density at radius 2 is 2.10 bits per heavy atom. The summed E-state index contributed by atoms with van der Waals surface area (Å²) in [5, 5.41) is 0. The molecule has 0 bridgehead atoms. The van der Waals surface area contributed by atoms with Crippen molar-refractivity contribution in [1.29, 1.82) is 0 Å². The number of quaternary nitrogens is 1. The van der Waals surface area contributed by atoms with E-state index < -0.39 is 0 Å². The Morgan fingerprint density at radius 1 is 1.40 bits per heavy atom. The Morgan fingerprint density at radius 3 is 2.50 bits per heavy atom. The molecule has 1 rings (SSSR count). The van der Waals surface area contributed by atoms with Gasteiger partial charge in [0.25, 0.3) is 0 Å². The first kappa shape index (κ1) is 8.06. The fraction of sp³-hybridized carbons (Fsp3) is 1.00. The lowest BCUT2D eigenvalue weighted by molar-refractivity contribution is -0.934. The molecule has 1 fully saturated rings. The molecule has 0 aliphatic carbocycles. The molecule has 0 aromatic rings. The van der Waals surface area contributed by atoms with Crippen molar-refractivity contribution in [3.63, 3.8) is 0 Å². The lowest BCUT2D eigenvalue weighted by Crippen LogP contribution is -2.53. The molecule has 1 saturated heterocycles. The van der Waals surface area contributed by atoms with Gasteiger partial charge in [0, 0.05) is 0 Å². The van der Waals surface area contributed by atoms with Gasteiger partial charge >= 0.3 is 0 Å². The maximum absolute atomic E-state index is 2.39. The molecule has 0 saturated carbocycles. The molecule has 0 aromatic heterocycles. The zero-order valence-electron chi connectivity index (χ0n) is 7.56. The predicted octanol–water partition coefficient (Wildman–Crippen LogP) is 2.03. The van der Waals surface area contributed by atoms with Crippen molar-refractivity contribution in [1.82, 2.24) is 0 Å². The molecule has 10 heavy (non-hydrogen) atoms. The van der Waals surface area contributed by atoms with Gasteiger partial charge in [-0.15, -0.1) is 0 Å². The smallest absolute Gasteiger partial charge is 0.0859 e. The van der Waals surface area contributed by atoms with Crippen molar-refractivity contribution in [2.45, 2.75) is 39.2 Å². The first-order valence-electron chi connectivity index (χ1n) is 4.53. The Kier molecular flexibility index (Phi) is 2.35. The van der Waals surface area contributed by atoms with Gasteiger partial charge in [-0.25, -0.2) is 0 Å². The quantitative estimate of drug-likeness (QED) is 0.491. The van der Waals surface area contributed by atoms with E-state index in [-0.39, 0.29) is 0 Å². The fourth-order valence-electron chi connectivity index (χ4n) is 1.91. The summed E-state index contributed by atoms with van der Waals surface area (Å²) in [4.78, 5) is 0. The molecule has 1 aliphatic rings. The van der Waals surface area contributed by atoms with Crippen molar-refractivity contribution in [3.05, 3.63) is 0 Å². The standard InChI is InChI=1S/C9H20N/c1-4-10(3)8-6-5-7-9(10)2/h9H,4-8H2,1-3H3/q+1. The summed E-state index contributed by atoms with van der Waals surface area (Å²) in [6.07, 6.45) is 4.33. The van der Waals surface area contributed by atoms with E-state index in [0.717, 1.165) is 6.04 Å². The number of hydrogen-bond donors (Lipinski definition) is 0. The minimum absolute atomic E-state index is 0.902. The van der Waals surface area contributed by atoms with Gasteiger partial charge in [0.1, 0.15) is 0 Å². The van der Waals surface area contributed by atoms with Gasteiger partial charge in [-0.2, -0.15) is 0 Å². The van der Waals surface area contributed by atoms with E-state index in [0.29, 0.717) is 0 Å². The molecule has 1 heteroatoms. The van der Waals surface area contributed by atoms with Crippen molar-refractivity contribution in [2.75, 3.05) is 20.1 Å². The topological polar surface area (TPSA) is 0 Å². The van der Waals surface area contributed by atoms with Crippen molar-refractivity contribution in [2.24, 2.45) is 0 Å². The first-order chi connectivity index (χ1) is 4.69. The third kappa shape index (κ3) is 1.34. The highest BCUT2D eigenvalue weighted by Gasteiger charge is 2.29. The van der Waals surface area contributed by atoms with Crippen molar-refractivity contribution >= 4 is 0 Å². The second-order valence-corrected chi connectivity index (χ2v) is 3.86. The maximum Gasteiger partial charge on any atom is 0.0859 e. The lowest BCUT2D eigenvalue weighted by atomic mass is 10.0. The Hall–Kier alpha value is -0.0400. The van der Waals surface area contributed by atoms with Crippen LogP contribution in [0.25, 0.3) is 0 Å². The zero-order chi connectivity index (χ0) is 7.61. The zero-order valence-corrected chi connectivity index (χ0v) is 7.56. The Bertz CT molecular complexity index is 111. The van der Waals surface area contributed by atoms with E-state index in [9.17, 15) is 0 Å². The molecule has 1 nitrogen and oxygen atoms in total. The number of piperidine rings is 1. The van der Waals surface area contributed by atoms with Crippen LogP contribution in [0.15, 0.2) is 0 Å². The molecule has 0 radical (unpaired) electrons. The van der Waals surface area contributed by atoms with E-state index in [2.05, 4.69) is 20.9 Å². The number of hydrogen-bond acceptors (Lipinski definition) is 0. The van der Waals surface area contributed by atoms with Crippen LogP contribution in [-0.2, 0) is 0 Å². The summed E-state index contributed by atoms with van der Waals surface area (Å²) >= 11 is 0. The molecule has 60 valence electrons. The van der Waals surface area contributed by atoms with Gasteiger partial charge in [0.15, 0.2) is 0 Å². The summed E-state index contributed by atoms with van der Waals surface area (Å²) in [5.74, 6) is 0. The molecule has 0 aromatic carbocycles. The van der Waals surface area contributed by atoms with Crippen LogP contribution < -0.4 is 0 Å². The van der Waals surface area contributed by atoms with Crippen LogP contribution in [0.3, 0.4) is 0 Å². The van der Waals surface area contributed by atoms with Crippen LogP contribution in [0.1, 0.15) is 33.1 Å². The van der Waals surface area contributed by atoms with Gasteiger partial charge in [-0.3, -0.25) is 0 Å². The van der Waals surface area contributed by atoms with Gasteiger partial charge in [0.2, 0.25) is 0 Å². The van der Waals surface area contributed by atoms with Gasteiger partial charge in [-0.1, -0.05) is 0 Å². The van der Waals surface area contributed by atoms with E-state index in [1.54, 1.807) is 0 Å². The number of likely N-dealkylation sites (tertiary alicyclic amines) is 1. The average molecular weight is 142 g/mol. The van der Waals surface area contributed by atoms with Gasteiger partial charge in [0.05, 0.1) is 26.2 Å².